The summed E-state index contributed by atoms with van der Waals surface area (Å²) >= 11 is 7.66. The van der Waals surface area contributed by atoms with Crippen molar-refractivity contribution >= 4 is 40.8 Å². The van der Waals surface area contributed by atoms with Crippen LogP contribution in [0.2, 0.25) is 5.02 Å². The van der Waals surface area contributed by atoms with E-state index in [1.165, 1.54) is 6.20 Å². The molecule has 0 saturated carbocycles. The number of carbonyl (C=O) groups excluding carboxylic acids is 1. The molecule has 104 valence electrons. The minimum atomic E-state index is -0.237. The quantitative estimate of drug-likeness (QED) is 0.845. The van der Waals surface area contributed by atoms with E-state index >= 15 is 0 Å². The highest BCUT2D eigenvalue weighted by molar-refractivity contribution is 7.98. The van der Waals surface area contributed by atoms with E-state index in [1.807, 2.05) is 30.5 Å². The second-order valence-electron chi connectivity index (χ2n) is 3.99. The molecule has 0 spiro atoms. The van der Waals surface area contributed by atoms with Gasteiger partial charge in [-0.15, -0.1) is 11.8 Å². The van der Waals surface area contributed by atoms with Gasteiger partial charge in [0.2, 0.25) is 0 Å². The second-order valence-corrected chi connectivity index (χ2v) is 5.27. The Balaban J connectivity index is 2.12. The molecule has 0 aliphatic rings. The summed E-state index contributed by atoms with van der Waals surface area (Å²) in [5, 5.41) is 6.07. The number of nitrogens with one attached hydrogen (secondary N) is 2. The Hall–Kier alpha value is -1.72. The number of thioether (sulfide) groups is 1. The zero-order valence-corrected chi connectivity index (χ0v) is 12.7. The molecule has 20 heavy (non-hydrogen) atoms. The molecule has 0 unspecified atom stereocenters. The number of anilines is 2. The third-order valence-corrected chi connectivity index (χ3v) is 3.72. The van der Waals surface area contributed by atoms with Gasteiger partial charge in [0, 0.05) is 23.8 Å². The number of carbonyl (C=O) groups is 1. The lowest BCUT2D eigenvalue weighted by Crippen LogP contribution is -2.12. The molecule has 1 amide bonds. The topological polar surface area (TPSA) is 54.0 Å². The smallest absolute Gasteiger partial charge is 0.257 e. The molecular formula is C14H14ClN3OS. The Morgan fingerprint density at radius 1 is 1.30 bits per heavy atom. The van der Waals surface area contributed by atoms with Crippen molar-refractivity contribution < 1.29 is 4.79 Å². The van der Waals surface area contributed by atoms with Crippen LogP contribution in [-0.4, -0.2) is 24.2 Å². The minimum absolute atomic E-state index is 0.237. The molecule has 6 heteroatoms. The van der Waals surface area contributed by atoms with Gasteiger partial charge in [0.15, 0.2) is 0 Å². The van der Waals surface area contributed by atoms with Gasteiger partial charge in [-0.2, -0.15) is 0 Å². The van der Waals surface area contributed by atoms with Gasteiger partial charge >= 0.3 is 0 Å². The first-order chi connectivity index (χ1) is 9.63. The van der Waals surface area contributed by atoms with Gasteiger partial charge in [0.25, 0.3) is 5.91 Å². The van der Waals surface area contributed by atoms with Crippen LogP contribution in [0.1, 0.15) is 10.4 Å². The van der Waals surface area contributed by atoms with Gasteiger partial charge in [-0.25, -0.2) is 4.98 Å². The SMILES string of the molecule is CNc1ncc(C(=O)Nc2ccc(SC)cc2)cc1Cl. The lowest BCUT2D eigenvalue weighted by molar-refractivity contribution is 0.102. The van der Waals surface area contributed by atoms with Gasteiger partial charge in [-0.1, -0.05) is 11.6 Å². The van der Waals surface area contributed by atoms with Gasteiger partial charge in [0.05, 0.1) is 10.6 Å². The van der Waals surface area contributed by atoms with Gasteiger partial charge in [0.1, 0.15) is 5.82 Å². The highest BCUT2D eigenvalue weighted by Gasteiger charge is 2.09. The van der Waals surface area contributed by atoms with E-state index in [-0.39, 0.29) is 5.91 Å². The number of pyridine rings is 1. The second kappa shape index (κ2) is 6.63. The van der Waals surface area contributed by atoms with Crippen LogP contribution in [0.25, 0.3) is 0 Å². The first kappa shape index (κ1) is 14.7. The molecule has 2 rings (SSSR count). The van der Waals surface area contributed by atoms with Crippen LogP contribution in [0.5, 0.6) is 0 Å². The fraction of sp³-hybridized carbons (Fsp3) is 0.143. The number of benzene rings is 1. The maximum atomic E-state index is 12.1. The van der Waals surface area contributed by atoms with Crippen LogP contribution in [0, 0.1) is 0 Å². The normalized spacial score (nSPS) is 10.2. The van der Waals surface area contributed by atoms with Crippen molar-refractivity contribution in [3.63, 3.8) is 0 Å². The summed E-state index contributed by atoms with van der Waals surface area (Å²) in [6, 6.07) is 9.22. The zero-order chi connectivity index (χ0) is 14.5. The molecular weight excluding hydrogens is 294 g/mol. The van der Waals surface area contributed by atoms with Crippen molar-refractivity contribution in [2.24, 2.45) is 0 Å². The fourth-order valence-corrected chi connectivity index (χ4v) is 2.29. The van der Waals surface area contributed by atoms with Crippen LogP contribution in [0.3, 0.4) is 0 Å². The number of rotatable bonds is 4. The average Bonchev–Trinajstić information content (AvgIpc) is 2.48. The molecule has 0 radical (unpaired) electrons. The summed E-state index contributed by atoms with van der Waals surface area (Å²) in [7, 11) is 1.72. The fourth-order valence-electron chi connectivity index (χ4n) is 1.62. The first-order valence-corrected chi connectivity index (χ1v) is 7.53. The molecule has 0 aliphatic carbocycles. The molecule has 0 atom stereocenters. The van der Waals surface area contributed by atoms with Crippen molar-refractivity contribution in [3.8, 4) is 0 Å². The van der Waals surface area contributed by atoms with E-state index in [2.05, 4.69) is 15.6 Å². The number of hydrogen-bond donors (Lipinski definition) is 2. The third-order valence-electron chi connectivity index (χ3n) is 2.69. The van der Waals surface area contributed by atoms with Crippen LogP contribution < -0.4 is 10.6 Å². The highest BCUT2D eigenvalue weighted by atomic mass is 35.5. The molecule has 2 N–H and O–H groups in total. The largest absolute Gasteiger partial charge is 0.372 e. The van der Waals surface area contributed by atoms with E-state index in [4.69, 9.17) is 11.6 Å². The lowest BCUT2D eigenvalue weighted by Gasteiger charge is -2.07. The summed E-state index contributed by atoms with van der Waals surface area (Å²) in [5.41, 5.74) is 1.16. The van der Waals surface area contributed by atoms with Gasteiger partial charge in [-0.3, -0.25) is 4.79 Å². The van der Waals surface area contributed by atoms with Crippen molar-refractivity contribution in [2.75, 3.05) is 23.9 Å². The summed E-state index contributed by atoms with van der Waals surface area (Å²) in [6.45, 7) is 0. The van der Waals surface area contributed by atoms with Crippen LogP contribution >= 0.6 is 23.4 Å². The van der Waals surface area contributed by atoms with E-state index in [1.54, 1.807) is 24.9 Å². The van der Waals surface area contributed by atoms with Crippen molar-refractivity contribution in [2.45, 2.75) is 4.90 Å². The predicted octanol–water partition coefficient (Wildman–Crippen LogP) is 3.75. The van der Waals surface area contributed by atoms with Gasteiger partial charge < -0.3 is 10.6 Å². The minimum Gasteiger partial charge on any atom is -0.372 e. The molecule has 2 aromatic rings. The van der Waals surface area contributed by atoms with Crippen molar-refractivity contribution in [1.29, 1.82) is 0 Å². The van der Waals surface area contributed by atoms with E-state index in [9.17, 15) is 4.79 Å². The Bertz CT molecular complexity index is 616. The number of hydrogen-bond acceptors (Lipinski definition) is 4. The molecule has 0 bridgehead atoms. The zero-order valence-electron chi connectivity index (χ0n) is 11.1. The summed E-state index contributed by atoms with van der Waals surface area (Å²) in [4.78, 5) is 17.3. The van der Waals surface area contributed by atoms with Crippen molar-refractivity contribution in [1.82, 2.24) is 4.98 Å². The summed E-state index contributed by atoms with van der Waals surface area (Å²) in [6.07, 6.45) is 3.49. The van der Waals surface area contributed by atoms with Crippen LogP contribution in [-0.2, 0) is 0 Å². The number of nitrogens with zero attached hydrogens (tertiary/aromatic N) is 1. The maximum absolute atomic E-state index is 12.1. The monoisotopic (exact) mass is 307 g/mol. The maximum Gasteiger partial charge on any atom is 0.257 e. The Morgan fingerprint density at radius 3 is 2.55 bits per heavy atom. The predicted molar refractivity (Wildman–Crippen MR) is 85.0 cm³/mol. The molecule has 1 heterocycles. The summed E-state index contributed by atoms with van der Waals surface area (Å²) < 4.78 is 0. The van der Waals surface area contributed by atoms with E-state index < -0.39 is 0 Å². The third kappa shape index (κ3) is 3.43. The number of halogens is 1. The van der Waals surface area contributed by atoms with Gasteiger partial charge in [-0.05, 0) is 36.6 Å². The molecule has 4 nitrogen and oxygen atoms in total. The Morgan fingerprint density at radius 2 is 2.00 bits per heavy atom. The van der Waals surface area contributed by atoms with Crippen LogP contribution in [0.4, 0.5) is 11.5 Å². The van der Waals surface area contributed by atoms with Crippen LogP contribution in [0.15, 0.2) is 41.4 Å². The number of amides is 1. The Labute approximate surface area is 126 Å². The standard InChI is InChI=1S/C14H14ClN3OS/c1-16-13-12(15)7-9(8-17-13)14(19)18-10-3-5-11(20-2)6-4-10/h3-8H,1-2H3,(H,16,17)(H,18,19). The molecule has 1 aromatic heterocycles. The molecule has 1 aromatic carbocycles. The summed E-state index contributed by atoms with van der Waals surface area (Å²) in [5.74, 6) is 0.312. The van der Waals surface area contributed by atoms with E-state index in [0.29, 0.717) is 16.4 Å². The lowest BCUT2D eigenvalue weighted by atomic mass is 10.2. The molecule has 0 aliphatic heterocycles. The van der Waals surface area contributed by atoms with E-state index in [0.717, 1.165) is 10.6 Å². The highest BCUT2D eigenvalue weighted by Crippen LogP contribution is 2.21. The number of aromatic nitrogens is 1. The van der Waals surface area contributed by atoms with Crippen molar-refractivity contribution in [3.05, 3.63) is 47.1 Å². The Kier molecular flexibility index (Phi) is 4.87. The molecule has 0 fully saturated rings. The first-order valence-electron chi connectivity index (χ1n) is 5.92. The molecule has 0 saturated heterocycles. The average molecular weight is 308 g/mol.